The fourth-order valence-electron chi connectivity index (χ4n) is 3.34. The van der Waals surface area contributed by atoms with Gasteiger partial charge < -0.3 is 9.84 Å². The zero-order valence-corrected chi connectivity index (χ0v) is 17.3. The molecule has 3 atom stereocenters. The zero-order chi connectivity index (χ0) is 18.3. The van der Waals surface area contributed by atoms with Crippen LogP contribution in [0.15, 0.2) is 0 Å². The topological polar surface area (TPSA) is 46.5 Å². The van der Waals surface area contributed by atoms with Crippen LogP contribution in [-0.2, 0) is 9.53 Å². The van der Waals surface area contributed by atoms with Gasteiger partial charge in [0.05, 0.1) is 6.10 Å². The van der Waals surface area contributed by atoms with Gasteiger partial charge in [-0.05, 0) is 18.6 Å². The Kier molecular flexibility index (Phi) is 13.6. The van der Waals surface area contributed by atoms with Crippen molar-refractivity contribution >= 4 is 17.7 Å². The Morgan fingerprint density at radius 1 is 0.920 bits per heavy atom. The molecule has 148 valence electrons. The van der Waals surface area contributed by atoms with Crippen molar-refractivity contribution in [2.45, 2.75) is 121 Å². The Labute approximate surface area is 159 Å². The van der Waals surface area contributed by atoms with Crippen LogP contribution in [0.4, 0.5) is 0 Å². The minimum Gasteiger partial charge on any atom is -0.460 e. The molecule has 1 unspecified atom stereocenters. The average Bonchev–Trinajstić information content (AvgIpc) is 2.59. The number of esters is 1. The van der Waals surface area contributed by atoms with Crippen LogP contribution in [0.2, 0.25) is 0 Å². The third-order valence-corrected chi connectivity index (χ3v) is 6.41. The second-order valence-corrected chi connectivity index (χ2v) is 8.73. The maximum absolute atomic E-state index is 11.6. The highest BCUT2D eigenvalue weighted by atomic mass is 32.2. The first-order valence-corrected chi connectivity index (χ1v) is 11.7. The van der Waals surface area contributed by atoms with E-state index in [9.17, 15) is 9.90 Å². The van der Waals surface area contributed by atoms with E-state index in [-0.39, 0.29) is 23.4 Å². The highest BCUT2D eigenvalue weighted by molar-refractivity contribution is 8.00. The van der Waals surface area contributed by atoms with E-state index in [1.165, 1.54) is 70.6 Å². The summed E-state index contributed by atoms with van der Waals surface area (Å²) in [5, 5.41) is 10.2. The largest absolute Gasteiger partial charge is 0.460 e. The predicted molar refractivity (Wildman–Crippen MR) is 108 cm³/mol. The molecule has 1 fully saturated rings. The van der Waals surface area contributed by atoms with Gasteiger partial charge in [0.2, 0.25) is 0 Å². The molecule has 0 spiro atoms. The first-order valence-electron chi connectivity index (χ1n) is 10.7. The first-order chi connectivity index (χ1) is 12.2. The quantitative estimate of drug-likeness (QED) is 0.256. The van der Waals surface area contributed by atoms with Gasteiger partial charge in [0.25, 0.3) is 0 Å². The van der Waals surface area contributed by atoms with E-state index in [4.69, 9.17) is 4.74 Å². The number of hydrogen-bond donors (Lipinski definition) is 1. The monoisotopic (exact) mass is 372 g/mol. The van der Waals surface area contributed by atoms with Gasteiger partial charge in [0.15, 0.2) is 0 Å². The van der Waals surface area contributed by atoms with Crippen molar-refractivity contribution in [3.05, 3.63) is 0 Å². The van der Waals surface area contributed by atoms with Gasteiger partial charge >= 0.3 is 5.97 Å². The fourth-order valence-corrected chi connectivity index (χ4v) is 4.54. The summed E-state index contributed by atoms with van der Waals surface area (Å²) in [4.78, 5) is 11.6. The molecule has 0 radical (unpaired) electrons. The molecule has 1 aliphatic heterocycles. The number of ether oxygens (including phenoxy) is 1. The molecule has 0 aliphatic carbocycles. The molecule has 0 saturated carbocycles. The number of carbonyl (C=O) groups is 1. The van der Waals surface area contributed by atoms with Crippen LogP contribution in [0.3, 0.4) is 0 Å². The molecule has 1 heterocycles. The van der Waals surface area contributed by atoms with Crippen LogP contribution in [-0.4, -0.2) is 34.3 Å². The summed E-state index contributed by atoms with van der Waals surface area (Å²) in [6.45, 7) is 4.44. The summed E-state index contributed by atoms with van der Waals surface area (Å²) in [6, 6.07) is 0. The van der Waals surface area contributed by atoms with Gasteiger partial charge in [0, 0.05) is 6.42 Å². The van der Waals surface area contributed by atoms with Gasteiger partial charge in [-0.3, -0.25) is 4.79 Å². The fraction of sp³-hybridized carbons (Fsp3) is 0.952. The Balaban J connectivity index is 1.98. The van der Waals surface area contributed by atoms with Crippen LogP contribution >= 0.6 is 11.8 Å². The maximum atomic E-state index is 11.6. The lowest BCUT2D eigenvalue weighted by molar-refractivity contribution is -0.169. The van der Waals surface area contributed by atoms with Crippen molar-refractivity contribution in [1.82, 2.24) is 0 Å². The lowest BCUT2D eigenvalue weighted by Crippen LogP contribution is -2.49. The minimum atomic E-state index is -0.318. The number of thioether (sulfide) groups is 1. The third kappa shape index (κ3) is 10.5. The number of aliphatic hydroxyl groups is 1. The van der Waals surface area contributed by atoms with E-state index in [2.05, 4.69) is 13.8 Å². The number of aliphatic hydroxyl groups excluding tert-OH is 1. The smallest absolute Gasteiger partial charge is 0.323 e. The van der Waals surface area contributed by atoms with Crippen LogP contribution < -0.4 is 0 Å². The lowest BCUT2D eigenvalue weighted by Gasteiger charge is -2.35. The summed E-state index contributed by atoms with van der Waals surface area (Å²) >= 11 is 1.72. The van der Waals surface area contributed by atoms with Crippen molar-refractivity contribution in [2.24, 2.45) is 0 Å². The molecule has 1 N–H and O–H groups in total. The first kappa shape index (κ1) is 22.8. The van der Waals surface area contributed by atoms with Crippen molar-refractivity contribution in [2.75, 3.05) is 5.75 Å². The van der Waals surface area contributed by atoms with Crippen molar-refractivity contribution in [3.8, 4) is 0 Å². The molecule has 4 heteroatoms. The summed E-state index contributed by atoms with van der Waals surface area (Å²) in [5.74, 6) is 0.945. The van der Waals surface area contributed by atoms with Gasteiger partial charge in [-0.1, -0.05) is 84.5 Å². The molecule has 0 aromatic heterocycles. The summed E-state index contributed by atoms with van der Waals surface area (Å²) < 4.78 is 5.25. The molecule has 0 amide bonds. The molecule has 0 aromatic carbocycles. The lowest BCUT2D eigenvalue weighted by atomic mass is 9.99. The second-order valence-electron chi connectivity index (χ2n) is 7.48. The van der Waals surface area contributed by atoms with Crippen LogP contribution in [0, 0.1) is 0 Å². The summed E-state index contributed by atoms with van der Waals surface area (Å²) in [5.41, 5.74) is 0. The van der Waals surface area contributed by atoms with Crippen LogP contribution in [0.25, 0.3) is 0 Å². The minimum absolute atomic E-state index is 0.0328. The highest BCUT2D eigenvalue weighted by Gasteiger charge is 2.43. The number of cyclic esters (lactones) is 1. The van der Waals surface area contributed by atoms with Crippen molar-refractivity contribution in [3.63, 3.8) is 0 Å². The second kappa shape index (κ2) is 14.9. The average molecular weight is 373 g/mol. The molecule has 0 bridgehead atoms. The maximum Gasteiger partial charge on any atom is 0.323 e. The molecule has 1 aliphatic rings. The molecular formula is C21H40O3S. The van der Waals surface area contributed by atoms with Crippen molar-refractivity contribution < 1.29 is 14.6 Å². The van der Waals surface area contributed by atoms with E-state index < -0.39 is 0 Å². The Hall–Kier alpha value is -0.220. The highest BCUT2D eigenvalue weighted by Crippen LogP contribution is 2.32. The zero-order valence-electron chi connectivity index (χ0n) is 16.5. The molecule has 0 aromatic rings. The van der Waals surface area contributed by atoms with E-state index >= 15 is 0 Å². The molecule has 1 saturated heterocycles. The summed E-state index contributed by atoms with van der Waals surface area (Å²) in [7, 11) is 0. The Morgan fingerprint density at radius 3 is 2.08 bits per heavy atom. The van der Waals surface area contributed by atoms with E-state index in [0.717, 1.165) is 18.6 Å². The van der Waals surface area contributed by atoms with Gasteiger partial charge in [0.1, 0.15) is 11.4 Å². The molecule has 3 nitrogen and oxygen atoms in total. The molecule has 25 heavy (non-hydrogen) atoms. The predicted octanol–water partition coefficient (Wildman–Crippen LogP) is 5.88. The van der Waals surface area contributed by atoms with E-state index in [1.807, 2.05) is 0 Å². The Bertz CT molecular complexity index is 335. The number of rotatable bonds is 17. The van der Waals surface area contributed by atoms with Gasteiger partial charge in [-0.25, -0.2) is 0 Å². The normalized spacial score (nSPS) is 21.0. The molecular weight excluding hydrogens is 332 g/mol. The van der Waals surface area contributed by atoms with Gasteiger partial charge in [-0.2, -0.15) is 0 Å². The van der Waals surface area contributed by atoms with Crippen LogP contribution in [0.1, 0.15) is 104 Å². The standard InChI is InChI=1S/C21H40O3S/c1-3-5-7-8-9-10-11-12-13-15-18(22)17-19-20(21(23)24-19)25-16-14-6-4-2/h18-20,22H,3-17H2,1-2H3/t18?,19-,20-/m0/s1. The Morgan fingerprint density at radius 2 is 1.48 bits per heavy atom. The number of carbonyl (C=O) groups excluding carboxylic acids is 1. The van der Waals surface area contributed by atoms with Crippen LogP contribution in [0.5, 0.6) is 0 Å². The molecule has 1 rings (SSSR count). The summed E-state index contributed by atoms with van der Waals surface area (Å²) in [6.07, 6.45) is 16.4. The number of unbranched alkanes of at least 4 members (excludes halogenated alkanes) is 10. The van der Waals surface area contributed by atoms with E-state index in [1.54, 1.807) is 11.8 Å². The van der Waals surface area contributed by atoms with Crippen molar-refractivity contribution in [1.29, 1.82) is 0 Å². The van der Waals surface area contributed by atoms with E-state index in [0.29, 0.717) is 6.42 Å². The SMILES string of the molecule is CCCCCCCCCCCC(O)C[C@@H]1OC(=O)[C@H]1SCCCCC. The van der Waals surface area contributed by atoms with Gasteiger partial charge in [-0.15, -0.1) is 11.8 Å². The number of hydrogen-bond acceptors (Lipinski definition) is 4. The third-order valence-electron chi connectivity index (χ3n) is 5.03.